The molecular weight excluding hydrogens is 243 g/mol. The molecule has 1 N–H and O–H groups in total. The molecular formula is C13H16F3NO. The number of carbonyl (C=O) groups is 1. The molecule has 0 radical (unpaired) electrons. The summed E-state index contributed by atoms with van der Waals surface area (Å²) < 4.78 is 38.8. The van der Waals surface area contributed by atoms with Gasteiger partial charge in [0.05, 0.1) is 5.56 Å². The lowest BCUT2D eigenvalue weighted by atomic mass is 10.1. The van der Waals surface area contributed by atoms with Crippen molar-refractivity contribution in [3.8, 4) is 0 Å². The zero-order chi connectivity index (χ0) is 13.5. The largest absolute Gasteiger partial charge is 0.352 e. The number of hydrogen-bond acceptors (Lipinski definition) is 1. The molecule has 0 bridgehead atoms. The van der Waals surface area contributed by atoms with Gasteiger partial charge in [0.25, 0.3) is 5.91 Å². The topological polar surface area (TPSA) is 29.1 Å². The Morgan fingerprint density at radius 1 is 1.11 bits per heavy atom. The lowest BCUT2D eigenvalue weighted by molar-refractivity contribution is 0.0947. The Morgan fingerprint density at radius 3 is 2.50 bits per heavy atom. The summed E-state index contributed by atoms with van der Waals surface area (Å²) in [5, 5.41) is 2.48. The average Bonchev–Trinajstić information content (AvgIpc) is 2.35. The van der Waals surface area contributed by atoms with Crippen LogP contribution < -0.4 is 5.32 Å². The molecule has 0 aromatic heterocycles. The number of nitrogens with one attached hydrogen (secondary N) is 1. The standard InChI is InChI=1S/C13H16F3NO/c1-2-3-4-5-8-17-13(18)9-6-7-10(14)12(16)11(9)15/h6-7H,2-5,8H2,1H3,(H,17,18). The molecule has 18 heavy (non-hydrogen) atoms. The number of halogens is 3. The molecule has 0 saturated carbocycles. The predicted molar refractivity (Wildman–Crippen MR) is 62.8 cm³/mol. The van der Waals surface area contributed by atoms with Crippen LogP contribution in [0.1, 0.15) is 43.0 Å². The van der Waals surface area contributed by atoms with Gasteiger partial charge in [0.1, 0.15) is 0 Å². The Kier molecular flexibility index (Phi) is 5.68. The van der Waals surface area contributed by atoms with Gasteiger partial charge in [0.15, 0.2) is 17.5 Å². The molecule has 100 valence electrons. The maximum atomic E-state index is 13.3. The van der Waals surface area contributed by atoms with Crippen LogP contribution >= 0.6 is 0 Å². The summed E-state index contributed by atoms with van der Waals surface area (Å²) in [7, 11) is 0. The minimum atomic E-state index is -1.62. The molecule has 1 amide bonds. The molecule has 1 aromatic carbocycles. The summed E-state index contributed by atoms with van der Waals surface area (Å²) in [5.41, 5.74) is -0.468. The van der Waals surface area contributed by atoms with Crippen LogP contribution in [0.3, 0.4) is 0 Å². The minimum absolute atomic E-state index is 0.400. The predicted octanol–water partition coefficient (Wildman–Crippen LogP) is 3.41. The normalized spacial score (nSPS) is 10.4. The summed E-state index contributed by atoms with van der Waals surface area (Å²) in [6, 6.07) is 1.68. The number of rotatable bonds is 6. The van der Waals surface area contributed by atoms with Crippen LogP contribution in [0.5, 0.6) is 0 Å². The third-order valence-corrected chi connectivity index (χ3v) is 2.60. The van der Waals surface area contributed by atoms with E-state index >= 15 is 0 Å². The molecule has 0 spiro atoms. The van der Waals surface area contributed by atoms with Crippen molar-refractivity contribution < 1.29 is 18.0 Å². The van der Waals surface area contributed by atoms with E-state index in [4.69, 9.17) is 0 Å². The first-order valence-corrected chi connectivity index (χ1v) is 5.99. The van der Waals surface area contributed by atoms with Crippen molar-refractivity contribution >= 4 is 5.91 Å². The maximum Gasteiger partial charge on any atom is 0.254 e. The smallest absolute Gasteiger partial charge is 0.254 e. The van der Waals surface area contributed by atoms with Crippen LogP contribution in [0.2, 0.25) is 0 Å². The summed E-state index contributed by atoms with van der Waals surface area (Å²) in [6.07, 6.45) is 3.89. The Hall–Kier alpha value is -1.52. The van der Waals surface area contributed by atoms with Crippen molar-refractivity contribution in [2.24, 2.45) is 0 Å². The zero-order valence-electron chi connectivity index (χ0n) is 10.2. The van der Waals surface area contributed by atoms with Gasteiger partial charge in [-0.05, 0) is 18.6 Å². The summed E-state index contributed by atoms with van der Waals surface area (Å²) in [5.74, 6) is -5.08. The second-order valence-electron chi connectivity index (χ2n) is 4.04. The van der Waals surface area contributed by atoms with Crippen LogP contribution in [0.4, 0.5) is 13.2 Å². The average molecular weight is 259 g/mol. The third-order valence-electron chi connectivity index (χ3n) is 2.60. The van der Waals surface area contributed by atoms with Crippen molar-refractivity contribution in [1.82, 2.24) is 5.32 Å². The van der Waals surface area contributed by atoms with Gasteiger partial charge < -0.3 is 5.32 Å². The number of amides is 1. The highest BCUT2D eigenvalue weighted by Crippen LogP contribution is 2.14. The Balaban J connectivity index is 2.54. The van der Waals surface area contributed by atoms with E-state index in [-0.39, 0.29) is 0 Å². The molecule has 0 atom stereocenters. The van der Waals surface area contributed by atoms with Crippen molar-refractivity contribution in [3.63, 3.8) is 0 Å². The molecule has 0 saturated heterocycles. The molecule has 0 aliphatic rings. The fourth-order valence-corrected chi connectivity index (χ4v) is 1.55. The second kappa shape index (κ2) is 7.03. The highest BCUT2D eigenvalue weighted by atomic mass is 19.2. The molecule has 0 aliphatic carbocycles. The van der Waals surface area contributed by atoms with Gasteiger partial charge in [-0.15, -0.1) is 0 Å². The van der Waals surface area contributed by atoms with Crippen molar-refractivity contribution in [1.29, 1.82) is 0 Å². The Morgan fingerprint density at radius 2 is 1.83 bits per heavy atom. The van der Waals surface area contributed by atoms with Gasteiger partial charge >= 0.3 is 0 Å². The maximum absolute atomic E-state index is 13.3. The SMILES string of the molecule is CCCCCCNC(=O)c1ccc(F)c(F)c1F. The van der Waals surface area contributed by atoms with Gasteiger partial charge in [-0.1, -0.05) is 26.2 Å². The third kappa shape index (κ3) is 3.75. The van der Waals surface area contributed by atoms with Gasteiger partial charge in [-0.25, -0.2) is 13.2 Å². The Bertz CT molecular complexity index is 421. The van der Waals surface area contributed by atoms with Crippen LogP contribution in [-0.2, 0) is 0 Å². The first-order chi connectivity index (χ1) is 8.57. The van der Waals surface area contributed by atoms with E-state index in [1.807, 2.05) is 0 Å². The van der Waals surface area contributed by atoms with E-state index in [0.29, 0.717) is 6.54 Å². The molecule has 0 fully saturated rings. The second-order valence-corrected chi connectivity index (χ2v) is 4.04. The van der Waals surface area contributed by atoms with E-state index in [1.165, 1.54) is 0 Å². The van der Waals surface area contributed by atoms with Crippen LogP contribution in [-0.4, -0.2) is 12.5 Å². The highest BCUT2D eigenvalue weighted by Gasteiger charge is 2.18. The number of carbonyl (C=O) groups excluding carboxylic acids is 1. The van der Waals surface area contributed by atoms with Crippen LogP contribution in [0.15, 0.2) is 12.1 Å². The highest BCUT2D eigenvalue weighted by molar-refractivity contribution is 5.94. The van der Waals surface area contributed by atoms with Crippen molar-refractivity contribution in [3.05, 3.63) is 35.1 Å². The fraction of sp³-hybridized carbons (Fsp3) is 0.462. The van der Waals surface area contributed by atoms with Crippen LogP contribution in [0, 0.1) is 17.5 Å². The lowest BCUT2D eigenvalue weighted by Gasteiger charge is -2.06. The number of benzene rings is 1. The molecule has 2 nitrogen and oxygen atoms in total. The van der Waals surface area contributed by atoms with Gasteiger partial charge in [0.2, 0.25) is 0 Å². The van der Waals surface area contributed by atoms with E-state index < -0.39 is 28.9 Å². The molecule has 5 heteroatoms. The molecule has 0 unspecified atom stereocenters. The molecule has 0 heterocycles. The zero-order valence-corrected chi connectivity index (χ0v) is 10.2. The summed E-state index contributed by atoms with van der Waals surface area (Å²) in [6.45, 7) is 2.46. The van der Waals surface area contributed by atoms with Crippen molar-refractivity contribution in [2.75, 3.05) is 6.54 Å². The van der Waals surface area contributed by atoms with Gasteiger partial charge in [-0.3, -0.25) is 4.79 Å². The van der Waals surface area contributed by atoms with Crippen LogP contribution in [0.25, 0.3) is 0 Å². The quantitative estimate of drug-likeness (QED) is 0.615. The Labute approximate surface area is 104 Å². The fourth-order valence-electron chi connectivity index (χ4n) is 1.55. The van der Waals surface area contributed by atoms with E-state index in [9.17, 15) is 18.0 Å². The van der Waals surface area contributed by atoms with Gasteiger partial charge in [0, 0.05) is 6.54 Å². The summed E-state index contributed by atoms with van der Waals surface area (Å²) in [4.78, 5) is 11.5. The van der Waals surface area contributed by atoms with E-state index in [1.54, 1.807) is 0 Å². The van der Waals surface area contributed by atoms with E-state index in [0.717, 1.165) is 37.8 Å². The summed E-state index contributed by atoms with van der Waals surface area (Å²) >= 11 is 0. The monoisotopic (exact) mass is 259 g/mol. The molecule has 0 aliphatic heterocycles. The first kappa shape index (κ1) is 14.5. The lowest BCUT2D eigenvalue weighted by Crippen LogP contribution is -2.25. The minimum Gasteiger partial charge on any atom is -0.352 e. The molecule has 1 aromatic rings. The van der Waals surface area contributed by atoms with Gasteiger partial charge in [-0.2, -0.15) is 0 Å². The van der Waals surface area contributed by atoms with Crippen molar-refractivity contribution in [2.45, 2.75) is 32.6 Å². The first-order valence-electron chi connectivity index (χ1n) is 5.99. The molecule has 1 rings (SSSR count). The number of unbranched alkanes of at least 4 members (excludes halogenated alkanes) is 3. The number of hydrogen-bond donors (Lipinski definition) is 1. The van der Waals surface area contributed by atoms with E-state index in [2.05, 4.69) is 12.2 Å².